The first kappa shape index (κ1) is 23.0. The van der Waals surface area contributed by atoms with Gasteiger partial charge in [0.2, 0.25) is 10.6 Å². The van der Waals surface area contributed by atoms with Gasteiger partial charge in [-0.15, -0.1) is 18.3 Å². The molecule has 0 bridgehead atoms. The van der Waals surface area contributed by atoms with Crippen molar-refractivity contribution in [3.63, 3.8) is 0 Å². The van der Waals surface area contributed by atoms with Gasteiger partial charge in [-0.1, -0.05) is 11.6 Å². The lowest BCUT2D eigenvalue weighted by molar-refractivity contribution is -0.137. The first-order valence-electron chi connectivity index (χ1n) is 8.00. The maximum atomic E-state index is 13.3. The number of benzene rings is 1. The Bertz CT molecular complexity index is 1140. The summed E-state index contributed by atoms with van der Waals surface area (Å²) < 4.78 is 92.0. The van der Waals surface area contributed by atoms with Crippen LogP contribution < -0.4 is 5.32 Å². The first-order chi connectivity index (χ1) is 14.3. The van der Waals surface area contributed by atoms with Gasteiger partial charge in [-0.2, -0.15) is 23.7 Å². The molecule has 0 spiro atoms. The molecule has 15 heteroatoms. The predicted octanol–water partition coefficient (Wildman–Crippen LogP) is 3.57. The number of nitriles is 2. The van der Waals surface area contributed by atoms with Crippen LogP contribution in [-0.2, 0) is 22.9 Å². The van der Waals surface area contributed by atoms with Crippen molar-refractivity contribution in [3.8, 4) is 17.8 Å². The van der Waals surface area contributed by atoms with Crippen LogP contribution in [0.1, 0.15) is 23.2 Å². The molecule has 0 saturated carbocycles. The van der Waals surface area contributed by atoms with E-state index in [2.05, 4.69) is 10.4 Å². The second-order valence-electron chi connectivity index (χ2n) is 6.32. The van der Waals surface area contributed by atoms with E-state index in [1.54, 1.807) is 6.07 Å². The van der Waals surface area contributed by atoms with Crippen molar-refractivity contribution in [2.75, 3.05) is 11.9 Å². The lowest BCUT2D eigenvalue weighted by atomic mass is 9.84. The third kappa shape index (κ3) is 3.65. The molecule has 0 fully saturated rings. The zero-order valence-corrected chi connectivity index (χ0v) is 16.3. The summed E-state index contributed by atoms with van der Waals surface area (Å²) >= 11 is 2.24. The van der Waals surface area contributed by atoms with Crippen molar-refractivity contribution in [2.45, 2.75) is 28.5 Å². The Morgan fingerprint density at radius 1 is 1.26 bits per heavy atom. The minimum atomic E-state index is -5.31. The van der Waals surface area contributed by atoms with E-state index in [9.17, 15) is 46.5 Å². The zero-order valence-electron chi connectivity index (χ0n) is 14.8. The van der Waals surface area contributed by atoms with Crippen molar-refractivity contribution in [1.29, 1.82) is 10.5 Å². The van der Waals surface area contributed by atoms with Crippen LogP contribution in [0.5, 0.6) is 0 Å². The van der Waals surface area contributed by atoms with Gasteiger partial charge in [0.1, 0.15) is 22.8 Å². The number of halogens is 7. The largest absolute Gasteiger partial charge is 0.604 e. The van der Waals surface area contributed by atoms with Gasteiger partial charge in [0.15, 0.2) is 5.82 Å². The van der Waals surface area contributed by atoms with Gasteiger partial charge >= 0.3 is 11.7 Å². The van der Waals surface area contributed by atoms with Crippen molar-refractivity contribution < 1.29 is 36.0 Å². The average molecular weight is 484 g/mol. The molecule has 0 saturated heterocycles. The number of nitrogens with one attached hydrogen (secondary N) is 1. The van der Waals surface area contributed by atoms with Gasteiger partial charge < -0.3 is 15.0 Å². The number of hydrogen-bond acceptors (Lipinski definition) is 6. The number of aliphatic hydroxyl groups excluding tert-OH is 1. The van der Waals surface area contributed by atoms with Gasteiger partial charge in [-0.25, -0.2) is 4.68 Å². The van der Waals surface area contributed by atoms with Gasteiger partial charge in [0.05, 0.1) is 35.4 Å². The van der Waals surface area contributed by atoms with Gasteiger partial charge in [0, 0.05) is 5.56 Å². The molecule has 1 aromatic carbocycles. The number of fused-ring (bicyclic) bond motifs is 3. The molecule has 7 nitrogen and oxygen atoms in total. The molecule has 0 radical (unpaired) electrons. The van der Waals surface area contributed by atoms with Crippen LogP contribution in [0.3, 0.4) is 0 Å². The fraction of sp³-hybridized carbons (Fsp3) is 0.312. The maximum absolute atomic E-state index is 13.3. The average Bonchev–Trinajstić information content (AvgIpc) is 3.03. The Kier molecular flexibility index (Phi) is 5.56. The van der Waals surface area contributed by atoms with Crippen molar-refractivity contribution in [1.82, 2.24) is 9.78 Å². The highest BCUT2D eigenvalue weighted by molar-refractivity contribution is 7.92. The van der Waals surface area contributed by atoms with Gasteiger partial charge in [-0.3, -0.25) is 0 Å². The maximum Gasteiger partial charge on any atom is 0.578 e. The van der Waals surface area contributed by atoms with E-state index in [0.29, 0.717) is 16.8 Å². The molecule has 164 valence electrons. The summed E-state index contributed by atoms with van der Waals surface area (Å²) in [4.78, 5) is -1.10. The number of hydrogen-bond donors (Lipinski definition) is 2. The summed E-state index contributed by atoms with van der Waals surface area (Å²) in [6.07, 6.45) is -5.59. The number of aliphatic hydroxyl groups is 1. The molecule has 0 aliphatic carbocycles. The Morgan fingerprint density at radius 2 is 1.90 bits per heavy atom. The smallest absolute Gasteiger partial charge is 0.578 e. The molecule has 3 rings (SSSR count). The normalized spacial score (nSPS) is 18.9. The summed E-state index contributed by atoms with van der Waals surface area (Å²) in [5.41, 5.74) is -10.3. The van der Waals surface area contributed by atoms with E-state index < -0.39 is 74.1 Å². The van der Waals surface area contributed by atoms with Crippen LogP contribution in [0.15, 0.2) is 17.0 Å². The molecule has 1 aromatic heterocycles. The van der Waals surface area contributed by atoms with E-state index in [1.165, 1.54) is 6.07 Å². The van der Waals surface area contributed by atoms with E-state index >= 15 is 0 Å². The van der Waals surface area contributed by atoms with Crippen LogP contribution in [0, 0.1) is 22.7 Å². The summed E-state index contributed by atoms with van der Waals surface area (Å²) in [6, 6.07) is 4.04. The topological polar surface area (TPSA) is 121 Å². The highest BCUT2D eigenvalue weighted by atomic mass is 35.5. The third-order valence-corrected chi connectivity index (χ3v) is 5.94. The van der Waals surface area contributed by atoms with Gasteiger partial charge in [0.25, 0.3) is 0 Å². The standard InChI is InChI=1S/C16H8ClF6N5O2S/c17-9-4-7(15(18,19)20)3-8-11(9)28-13(26-14(8,6-29)1-2-24)12(10(5-25)27-28)31(30)16(21,22)23/h3-4,26,29H,1,6H2. The molecule has 0 amide bonds. The molecule has 1 aliphatic rings. The summed E-state index contributed by atoms with van der Waals surface area (Å²) in [7, 11) is 0. The van der Waals surface area contributed by atoms with E-state index in [-0.39, 0.29) is 5.56 Å². The second kappa shape index (κ2) is 7.49. The van der Waals surface area contributed by atoms with Crippen LogP contribution in [-0.4, -0.2) is 31.6 Å². The van der Waals surface area contributed by atoms with Crippen LogP contribution in [0.2, 0.25) is 5.02 Å². The fourth-order valence-corrected chi connectivity index (χ4v) is 4.24. The highest BCUT2D eigenvalue weighted by Gasteiger charge is 2.53. The molecule has 2 N–H and O–H groups in total. The number of aromatic nitrogens is 2. The van der Waals surface area contributed by atoms with Crippen molar-refractivity contribution in [2.24, 2.45) is 0 Å². The van der Waals surface area contributed by atoms with Crippen molar-refractivity contribution in [3.05, 3.63) is 34.0 Å². The monoisotopic (exact) mass is 483 g/mol. The summed E-state index contributed by atoms with van der Waals surface area (Å²) in [5.74, 6) is -0.689. The minimum Gasteiger partial charge on any atom is -0.604 e. The SMILES string of the molecule is N#CCC1(CO)Nc2c([S+]([O-])C(F)(F)F)c(C#N)nn2-c2c(Cl)cc(C(F)(F)F)cc21. The number of nitrogens with zero attached hydrogens (tertiary/aromatic N) is 4. The third-order valence-electron chi connectivity index (χ3n) is 4.47. The molecule has 2 aromatic rings. The van der Waals surface area contributed by atoms with Crippen LogP contribution in [0.25, 0.3) is 5.69 Å². The Balaban J connectivity index is 2.44. The number of alkyl halides is 6. The molecule has 2 atom stereocenters. The number of rotatable bonds is 3. The molecule has 31 heavy (non-hydrogen) atoms. The second-order valence-corrected chi connectivity index (χ2v) is 8.13. The molecule has 1 aliphatic heterocycles. The van der Waals surface area contributed by atoms with Crippen molar-refractivity contribution >= 4 is 28.6 Å². The Hall–Kier alpha value is -2.65. The molecule has 2 unspecified atom stereocenters. The van der Waals surface area contributed by atoms with Crippen LogP contribution >= 0.6 is 11.6 Å². The lowest BCUT2D eigenvalue weighted by Crippen LogP contribution is -2.44. The fourth-order valence-electron chi connectivity index (χ4n) is 3.13. The molecule has 2 heterocycles. The Morgan fingerprint density at radius 3 is 2.39 bits per heavy atom. The predicted molar refractivity (Wildman–Crippen MR) is 93.4 cm³/mol. The van der Waals surface area contributed by atoms with E-state index in [4.69, 9.17) is 11.6 Å². The summed E-state index contributed by atoms with van der Waals surface area (Å²) in [5, 5.41) is 33.7. The molecular formula is C16H8ClF6N5O2S. The highest BCUT2D eigenvalue weighted by Crippen LogP contribution is 2.48. The quantitative estimate of drug-likeness (QED) is 0.508. The van der Waals surface area contributed by atoms with Gasteiger partial charge in [-0.05, 0) is 12.1 Å². The minimum absolute atomic E-state index is 0.389. The zero-order chi connectivity index (χ0) is 23.4. The molecular weight excluding hydrogens is 476 g/mol. The first-order valence-corrected chi connectivity index (χ1v) is 9.53. The number of anilines is 1. The van der Waals surface area contributed by atoms with Crippen LogP contribution in [0.4, 0.5) is 32.2 Å². The van der Waals surface area contributed by atoms with E-state index in [0.717, 1.165) is 0 Å². The summed E-state index contributed by atoms with van der Waals surface area (Å²) in [6.45, 7) is -1.05. The lowest BCUT2D eigenvalue weighted by Gasteiger charge is -2.38. The Labute approximate surface area is 177 Å². The van der Waals surface area contributed by atoms with E-state index in [1.807, 2.05) is 0 Å².